The van der Waals surface area contributed by atoms with Gasteiger partial charge in [-0.3, -0.25) is 10.1 Å². The number of nitrogens with zero attached hydrogens (tertiary/aromatic N) is 2. The third-order valence-electron chi connectivity index (χ3n) is 2.55. The van der Waals surface area contributed by atoms with E-state index in [0.717, 1.165) is 11.8 Å². The number of ether oxygens (including phenoxy) is 1. The van der Waals surface area contributed by atoms with Gasteiger partial charge >= 0.3 is 6.09 Å². The minimum absolute atomic E-state index is 0.220. The molecule has 21 heavy (non-hydrogen) atoms. The number of carbonyl (C=O) groups excluding carboxylic acids is 2. The molecule has 2 amide bonds. The third-order valence-corrected chi connectivity index (χ3v) is 3.49. The van der Waals surface area contributed by atoms with Crippen molar-refractivity contribution in [1.29, 1.82) is 0 Å². The molecule has 0 unspecified atom stereocenters. The molecule has 0 aromatic carbocycles. The number of aryl methyl sites for hydroxylation is 1. The quantitative estimate of drug-likeness (QED) is 0.854. The molecule has 0 fully saturated rings. The molecule has 2 rings (SSSR count). The van der Waals surface area contributed by atoms with Crippen LogP contribution in [0.1, 0.15) is 12.7 Å². The van der Waals surface area contributed by atoms with Gasteiger partial charge in [-0.1, -0.05) is 11.8 Å². The summed E-state index contributed by atoms with van der Waals surface area (Å²) in [6.45, 7) is 3.38. The first-order valence-corrected chi connectivity index (χ1v) is 6.82. The van der Waals surface area contributed by atoms with Crippen molar-refractivity contribution in [3.8, 4) is 11.5 Å². The molecule has 2 aromatic heterocycles. The molecule has 2 heterocycles. The van der Waals surface area contributed by atoms with E-state index in [-0.39, 0.29) is 5.22 Å². The molecule has 0 aliphatic carbocycles. The Kier molecular flexibility index (Phi) is 4.63. The van der Waals surface area contributed by atoms with Crippen molar-refractivity contribution in [2.75, 3.05) is 7.11 Å². The molecule has 0 aliphatic rings. The number of aromatic nitrogens is 2. The van der Waals surface area contributed by atoms with Crippen molar-refractivity contribution in [1.82, 2.24) is 15.5 Å². The van der Waals surface area contributed by atoms with Gasteiger partial charge in [0.1, 0.15) is 5.76 Å². The zero-order valence-corrected chi connectivity index (χ0v) is 12.4. The standard InChI is InChI=1S/C12H13N3O5S/c1-6-8(4-5-19-6)10-14-15-12(20-10)21-7(2)9(16)13-11(17)18-3/h4-5,7H,1-3H3,(H,13,16,17)/t7-/m0/s1. The third kappa shape index (κ3) is 3.63. The maximum Gasteiger partial charge on any atom is 0.413 e. The van der Waals surface area contributed by atoms with Gasteiger partial charge < -0.3 is 13.6 Å². The fourth-order valence-electron chi connectivity index (χ4n) is 1.43. The summed E-state index contributed by atoms with van der Waals surface area (Å²) in [5.41, 5.74) is 0.695. The number of alkyl carbamates (subject to hydrolysis) is 1. The zero-order valence-electron chi connectivity index (χ0n) is 11.6. The van der Waals surface area contributed by atoms with E-state index < -0.39 is 17.3 Å². The lowest BCUT2D eigenvalue weighted by atomic mass is 10.3. The molecule has 2 aromatic rings. The summed E-state index contributed by atoms with van der Waals surface area (Å²) < 4.78 is 14.9. The lowest BCUT2D eigenvalue weighted by molar-refractivity contribution is -0.119. The maximum atomic E-state index is 11.7. The summed E-state index contributed by atoms with van der Waals surface area (Å²) in [6, 6.07) is 1.71. The molecule has 0 saturated heterocycles. The van der Waals surface area contributed by atoms with Gasteiger partial charge in [0.15, 0.2) is 0 Å². The predicted octanol–water partition coefficient (Wildman–Crippen LogP) is 2.00. The average Bonchev–Trinajstić information content (AvgIpc) is 3.07. The van der Waals surface area contributed by atoms with Crippen LogP contribution in [-0.4, -0.2) is 34.6 Å². The molecule has 0 saturated carbocycles. The Morgan fingerprint density at radius 3 is 2.81 bits per heavy atom. The number of furan rings is 1. The van der Waals surface area contributed by atoms with Crippen LogP contribution in [-0.2, 0) is 9.53 Å². The second-order valence-corrected chi connectivity index (χ2v) is 5.30. The SMILES string of the molecule is COC(=O)NC(=O)[C@H](C)Sc1nnc(-c2ccoc2C)o1. The number of nitrogens with one attached hydrogen (secondary N) is 1. The van der Waals surface area contributed by atoms with Gasteiger partial charge in [-0.15, -0.1) is 10.2 Å². The van der Waals surface area contributed by atoms with E-state index in [0.29, 0.717) is 17.2 Å². The van der Waals surface area contributed by atoms with Crippen LogP contribution in [0.5, 0.6) is 0 Å². The van der Waals surface area contributed by atoms with Crippen LogP contribution in [0.25, 0.3) is 11.5 Å². The van der Waals surface area contributed by atoms with Crippen molar-refractivity contribution in [3.63, 3.8) is 0 Å². The number of carbonyl (C=O) groups is 2. The number of amides is 2. The summed E-state index contributed by atoms with van der Waals surface area (Å²) in [6.07, 6.45) is 0.710. The van der Waals surface area contributed by atoms with Gasteiger partial charge in [0, 0.05) is 0 Å². The van der Waals surface area contributed by atoms with Crippen molar-refractivity contribution < 1.29 is 23.2 Å². The number of methoxy groups -OCH3 is 1. The molecular weight excluding hydrogens is 298 g/mol. The number of rotatable bonds is 4. The summed E-state index contributed by atoms with van der Waals surface area (Å²) in [5.74, 6) is 0.460. The first-order valence-electron chi connectivity index (χ1n) is 5.94. The van der Waals surface area contributed by atoms with E-state index in [1.165, 1.54) is 13.4 Å². The Balaban J connectivity index is 2.01. The number of hydrogen-bond acceptors (Lipinski definition) is 8. The monoisotopic (exact) mass is 311 g/mol. The fraction of sp³-hybridized carbons (Fsp3) is 0.333. The van der Waals surface area contributed by atoms with Gasteiger partial charge in [-0.05, 0) is 19.9 Å². The van der Waals surface area contributed by atoms with Crippen LogP contribution in [0.15, 0.2) is 26.4 Å². The number of thioether (sulfide) groups is 1. The highest BCUT2D eigenvalue weighted by atomic mass is 32.2. The lowest BCUT2D eigenvalue weighted by Crippen LogP contribution is -2.35. The van der Waals surface area contributed by atoms with Gasteiger partial charge in [-0.25, -0.2) is 4.79 Å². The van der Waals surface area contributed by atoms with E-state index in [1.807, 2.05) is 0 Å². The summed E-state index contributed by atoms with van der Waals surface area (Å²) >= 11 is 1.04. The van der Waals surface area contributed by atoms with E-state index in [1.54, 1.807) is 19.9 Å². The molecule has 0 aliphatic heterocycles. The maximum absolute atomic E-state index is 11.7. The fourth-order valence-corrected chi connectivity index (χ4v) is 2.11. The normalized spacial score (nSPS) is 12.0. The van der Waals surface area contributed by atoms with Crippen molar-refractivity contribution in [2.45, 2.75) is 24.3 Å². The molecule has 1 N–H and O–H groups in total. The summed E-state index contributed by atoms with van der Waals surface area (Å²) in [7, 11) is 1.18. The molecule has 0 radical (unpaired) electrons. The Labute approximate surface area is 124 Å². The van der Waals surface area contributed by atoms with Crippen LogP contribution < -0.4 is 5.32 Å². The summed E-state index contributed by atoms with van der Waals surface area (Å²) in [5, 5.41) is 9.42. The van der Waals surface area contributed by atoms with Gasteiger partial charge in [-0.2, -0.15) is 0 Å². The minimum Gasteiger partial charge on any atom is -0.469 e. The van der Waals surface area contributed by atoms with Crippen LogP contribution in [0, 0.1) is 6.92 Å². The van der Waals surface area contributed by atoms with E-state index in [4.69, 9.17) is 8.83 Å². The van der Waals surface area contributed by atoms with Crippen LogP contribution in [0.3, 0.4) is 0 Å². The molecule has 112 valence electrons. The second-order valence-electron chi connectivity index (χ2n) is 4.00. The molecule has 8 nitrogen and oxygen atoms in total. The number of imide groups is 1. The van der Waals surface area contributed by atoms with Gasteiger partial charge in [0.05, 0.1) is 24.2 Å². The highest BCUT2D eigenvalue weighted by Gasteiger charge is 2.21. The molecular formula is C12H13N3O5S. The van der Waals surface area contributed by atoms with Crippen molar-refractivity contribution >= 4 is 23.8 Å². The van der Waals surface area contributed by atoms with Crippen LogP contribution in [0.2, 0.25) is 0 Å². The van der Waals surface area contributed by atoms with Gasteiger partial charge in [0.25, 0.3) is 11.1 Å². The average molecular weight is 311 g/mol. The van der Waals surface area contributed by atoms with E-state index in [9.17, 15) is 9.59 Å². The minimum atomic E-state index is -0.812. The molecule has 9 heteroatoms. The Bertz CT molecular complexity index is 651. The highest BCUT2D eigenvalue weighted by molar-refractivity contribution is 8.00. The first-order chi connectivity index (χ1) is 10.0. The Morgan fingerprint density at radius 1 is 1.43 bits per heavy atom. The smallest absolute Gasteiger partial charge is 0.413 e. The first kappa shape index (κ1) is 15.1. The summed E-state index contributed by atoms with van der Waals surface area (Å²) in [4.78, 5) is 22.6. The highest BCUT2D eigenvalue weighted by Crippen LogP contribution is 2.28. The largest absolute Gasteiger partial charge is 0.469 e. The zero-order chi connectivity index (χ0) is 15.4. The van der Waals surface area contributed by atoms with Crippen molar-refractivity contribution in [2.24, 2.45) is 0 Å². The number of hydrogen-bond donors (Lipinski definition) is 1. The van der Waals surface area contributed by atoms with Gasteiger partial charge in [0.2, 0.25) is 5.91 Å². The van der Waals surface area contributed by atoms with Crippen LogP contribution >= 0.6 is 11.8 Å². The predicted molar refractivity (Wildman–Crippen MR) is 72.6 cm³/mol. The molecule has 0 bridgehead atoms. The topological polar surface area (TPSA) is 107 Å². The lowest BCUT2D eigenvalue weighted by Gasteiger charge is -2.07. The van der Waals surface area contributed by atoms with Crippen LogP contribution in [0.4, 0.5) is 4.79 Å². The van der Waals surface area contributed by atoms with E-state index >= 15 is 0 Å². The second kappa shape index (κ2) is 6.44. The Hall–Kier alpha value is -2.29. The van der Waals surface area contributed by atoms with E-state index in [2.05, 4.69) is 20.3 Å². The Morgan fingerprint density at radius 2 is 2.19 bits per heavy atom. The molecule has 1 atom stereocenters. The molecule has 0 spiro atoms. The van der Waals surface area contributed by atoms with Crippen molar-refractivity contribution in [3.05, 3.63) is 18.1 Å².